The fourth-order valence-electron chi connectivity index (χ4n) is 3.42. The lowest BCUT2D eigenvalue weighted by Gasteiger charge is -2.28. The van der Waals surface area contributed by atoms with E-state index in [0.717, 1.165) is 0 Å². The molecule has 208 valence electrons. The normalized spacial score (nSPS) is 13.4. The molecule has 4 rings (SSSR count). The molecule has 0 saturated heterocycles. The molecule has 0 radical (unpaired) electrons. The van der Waals surface area contributed by atoms with Gasteiger partial charge in [0.2, 0.25) is 5.88 Å². The molecule has 0 spiro atoms. The Labute approximate surface area is 231 Å². The summed E-state index contributed by atoms with van der Waals surface area (Å²) >= 11 is 12.4. The second kappa shape index (κ2) is 16.7. The summed E-state index contributed by atoms with van der Waals surface area (Å²) in [6.45, 7) is 7.58. The van der Waals surface area contributed by atoms with Gasteiger partial charge in [-0.2, -0.15) is 0 Å². The molecule has 38 heavy (non-hydrogen) atoms. The zero-order valence-electron chi connectivity index (χ0n) is 21.7. The van der Waals surface area contributed by atoms with Gasteiger partial charge in [-0.3, -0.25) is 0 Å². The Bertz CT molecular complexity index is 1290. The van der Waals surface area contributed by atoms with Crippen LogP contribution < -0.4 is 16.1 Å². The summed E-state index contributed by atoms with van der Waals surface area (Å²) in [4.78, 5) is 25.7. The van der Waals surface area contributed by atoms with E-state index >= 15 is 0 Å². The largest absolute Gasteiger partial charge is 0.462 e. The maximum Gasteiger partial charge on any atom is 0.344 e. The van der Waals surface area contributed by atoms with E-state index in [4.69, 9.17) is 58.1 Å². The number of aliphatic hydroxyl groups excluding tert-OH is 3. The zero-order valence-corrected chi connectivity index (χ0v) is 23.2. The van der Waals surface area contributed by atoms with Gasteiger partial charge in [0.05, 0.1) is 23.5 Å². The monoisotopic (exact) mass is 569 g/mol. The van der Waals surface area contributed by atoms with Crippen molar-refractivity contribution >= 4 is 40.1 Å². The summed E-state index contributed by atoms with van der Waals surface area (Å²) in [6.07, 6.45) is 0. The average molecular weight is 570 g/mol. The first-order valence-corrected chi connectivity index (χ1v) is 12.6. The number of esters is 1. The lowest BCUT2D eigenvalue weighted by molar-refractivity contribution is -0.139. The van der Waals surface area contributed by atoms with Gasteiger partial charge in [-0.15, -0.1) is 0 Å². The Morgan fingerprint density at radius 2 is 1.58 bits per heavy atom. The molecule has 9 nitrogen and oxygen atoms in total. The number of benzene rings is 2. The minimum Gasteiger partial charge on any atom is -0.462 e. The second-order valence-corrected chi connectivity index (χ2v) is 8.12. The number of hydrogen-bond acceptors (Lipinski definition) is 9. The topological polar surface area (TPSA) is 152 Å². The van der Waals surface area contributed by atoms with Crippen molar-refractivity contribution in [3.63, 3.8) is 0 Å². The molecule has 1 aliphatic heterocycles. The van der Waals surface area contributed by atoms with Crippen LogP contribution in [-0.2, 0) is 9.53 Å². The number of aliphatic hydroxyl groups is 3. The molecule has 1 unspecified atom stereocenters. The van der Waals surface area contributed by atoms with Crippen LogP contribution in [0.25, 0.3) is 11.0 Å². The van der Waals surface area contributed by atoms with Gasteiger partial charge in [-0.25, -0.2) is 9.59 Å². The Morgan fingerprint density at radius 3 is 2.13 bits per heavy atom. The summed E-state index contributed by atoms with van der Waals surface area (Å²) in [5, 5.41) is 23.9. The van der Waals surface area contributed by atoms with Crippen molar-refractivity contribution in [2.75, 3.05) is 26.4 Å². The van der Waals surface area contributed by atoms with Crippen molar-refractivity contribution in [2.24, 2.45) is 5.73 Å². The fourth-order valence-corrected chi connectivity index (χ4v) is 3.94. The van der Waals surface area contributed by atoms with Crippen molar-refractivity contribution in [3.8, 4) is 5.75 Å². The van der Waals surface area contributed by atoms with Crippen LogP contribution >= 0.6 is 23.2 Å². The molecular weight excluding hydrogens is 537 g/mol. The van der Waals surface area contributed by atoms with Gasteiger partial charge in [0.1, 0.15) is 11.2 Å². The molecule has 0 saturated carbocycles. The van der Waals surface area contributed by atoms with Crippen molar-refractivity contribution in [1.82, 2.24) is 0 Å². The van der Waals surface area contributed by atoms with Crippen LogP contribution in [0.3, 0.4) is 0 Å². The first-order chi connectivity index (χ1) is 18.2. The third-order valence-corrected chi connectivity index (χ3v) is 5.18. The van der Waals surface area contributed by atoms with Crippen molar-refractivity contribution in [2.45, 2.75) is 33.6 Å². The van der Waals surface area contributed by atoms with Crippen LogP contribution in [0.5, 0.6) is 5.75 Å². The number of fused-ring (bicyclic) bond motifs is 3. The van der Waals surface area contributed by atoms with Gasteiger partial charge in [-0.05, 0) is 57.5 Å². The molecule has 3 aromatic rings. The summed E-state index contributed by atoms with van der Waals surface area (Å²) in [7, 11) is 0. The lowest BCUT2D eigenvalue weighted by Crippen LogP contribution is -2.31. The summed E-state index contributed by atoms with van der Waals surface area (Å²) in [5.74, 6) is -1.59. The molecule has 2 aromatic carbocycles. The number of hydrogen-bond donors (Lipinski definition) is 4. The van der Waals surface area contributed by atoms with Crippen molar-refractivity contribution < 1.29 is 34.0 Å². The summed E-state index contributed by atoms with van der Waals surface area (Å²) in [5.41, 5.74) is 6.35. The Morgan fingerprint density at radius 1 is 1.00 bits per heavy atom. The number of nitrogens with two attached hydrogens (primary N) is 1. The van der Waals surface area contributed by atoms with Gasteiger partial charge in [0, 0.05) is 29.9 Å². The standard InChI is InChI=1S/C21H15Cl2NO5.3C2H6O/c1-2-27-20(25)17-15(11-8-7-10(22)9-13(11)23)16-18(29-19(17)24)12-5-3-4-6-14(12)28-21(16)26;3*1-2-3/h3-9,15H,2,24H2,1H3;3*3H,2H2,1H3. The van der Waals surface area contributed by atoms with Crippen LogP contribution in [0.4, 0.5) is 0 Å². The number of ether oxygens (including phenoxy) is 2. The molecule has 1 aliphatic rings. The van der Waals surface area contributed by atoms with Crippen molar-refractivity contribution in [1.29, 1.82) is 0 Å². The fraction of sp³-hybridized carbons (Fsp3) is 0.333. The minimum atomic E-state index is -0.941. The molecule has 1 aromatic heterocycles. The molecule has 2 heterocycles. The second-order valence-electron chi connectivity index (χ2n) is 7.28. The van der Waals surface area contributed by atoms with E-state index in [1.165, 1.54) is 6.07 Å². The molecule has 11 heteroatoms. The van der Waals surface area contributed by atoms with Gasteiger partial charge in [0.15, 0.2) is 5.75 Å². The zero-order chi connectivity index (χ0) is 28.8. The predicted molar refractivity (Wildman–Crippen MR) is 148 cm³/mol. The maximum atomic E-state index is 12.9. The van der Waals surface area contributed by atoms with Gasteiger partial charge < -0.3 is 34.9 Å². The molecule has 0 aliphatic carbocycles. The molecule has 1 atom stereocenters. The number of halogens is 2. The van der Waals surface area contributed by atoms with Crippen LogP contribution in [0.2, 0.25) is 10.0 Å². The maximum absolute atomic E-state index is 12.9. The Hall–Kier alpha value is -3.08. The van der Waals surface area contributed by atoms with E-state index in [1.54, 1.807) is 64.1 Å². The number of rotatable bonds is 3. The molecule has 0 amide bonds. The van der Waals surface area contributed by atoms with E-state index in [1.807, 2.05) is 0 Å². The predicted octanol–water partition coefficient (Wildman–Crippen LogP) is 4.35. The molecule has 0 fully saturated rings. The highest BCUT2D eigenvalue weighted by Crippen LogP contribution is 2.46. The highest BCUT2D eigenvalue weighted by Gasteiger charge is 2.40. The van der Waals surface area contributed by atoms with Gasteiger partial charge in [-0.1, -0.05) is 41.4 Å². The van der Waals surface area contributed by atoms with Crippen LogP contribution in [0.1, 0.15) is 44.7 Å². The van der Waals surface area contributed by atoms with E-state index in [0.29, 0.717) is 21.6 Å². The third kappa shape index (κ3) is 8.21. The SMILES string of the molecule is CCO.CCO.CCO.CCOC(=O)C1=C(N)Oc2c(c(=O)oc3ccccc23)C1c1ccc(Cl)cc1Cl. The highest BCUT2D eigenvalue weighted by molar-refractivity contribution is 6.35. The van der Waals surface area contributed by atoms with Crippen molar-refractivity contribution in [3.05, 3.63) is 85.5 Å². The Kier molecular flexibility index (Phi) is 14.5. The van der Waals surface area contributed by atoms with Crippen LogP contribution in [-0.4, -0.2) is 47.7 Å². The van der Waals surface area contributed by atoms with E-state index < -0.39 is 17.5 Å². The van der Waals surface area contributed by atoms with Gasteiger partial charge >= 0.3 is 11.6 Å². The molecule has 0 bridgehead atoms. The lowest BCUT2D eigenvalue weighted by atomic mass is 9.83. The summed E-state index contributed by atoms with van der Waals surface area (Å²) in [6, 6.07) is 11.7. The minimum absolute atomic E-state index is 0.0221. The van der Waals surface area contributed by atoms with E-state index in [2.05, 4.69) is 0 Å². The molecular formula is C27H33Cl2NO8. The van der Waals surface area contributed by atoms with Crippen LogP contribution in [0.15, 0.2) is 63.1 Å². The number of carbonyl (C=O) groups is 1. The van der Waals surface area contributed by atoms with Gasteiger partial charge in [0.25, 0.3) is 0 Å². The average Bonchev–Trinajstić information content (AvgIpc) is 2.85. The third-order valence-electron chi connectivity index (χ3n) is 4.62. The van der Waals surface area contributed by atoms with E-state index in [-0.39, 0.29) is 54.2 Å². The molecule has 5 N–H and O–H groups in total. The highest BCUT2D eigenvalue weighted by atomic mass is 35.5. The first kappa shape index (κ1) is 32.9. The van der Waals surface area contributed by atoms with E-state index in [9.17, 15) is 9.59 Å². The Balaban J connectivity index is 0.000000708. The van der Waals surface area contributed by atoms with Crippen LogP contribution in [0, 0.1) is 0 Å². The quantitative estimate of drug-likeness (QED) is 0.266. The number of para-hydroxylation sites is 1. The first-order valence-electron chi connectivity index (χ1n) is 11.8. The number of carbonyl (C=O) groups excluding carboxylic acids is 1. The summed E-state index contributed by atoms with van der Waals surface area (Å²) < 4.78 is 16.4. The smallest absolute Gasteiger partial charge is 0.344 e.